The molecule has 4 aromatic rings. The number of carbonyl (C=O) groups is 1. The van der Waals surface area contributed by atoms with E-state index in [4.69, 9.17) is 9.47 Å². The van der Waals surface area contributed by atoms with Crippen molar-refractivity contribution < 1.29 is 14.3 Å². The molecule has 0 saturated heterocycles. The van der Waals surface area contributed by atoms with Crippen LogP contribution in [0.3, 0.4) is 0 Å². The average molecular weight is 440 g/mol. The van der Waals surface area contributed by atoms with Crippen molar-refractivity contribution in [3.05, 3.63) is 83.9 Å². The van der Waals surface area contributed by atoms with Gasteiger partial charge in [0.05, 0.1) is 29.7 Å². The SMILES string of the molecule is CCOC(=O)c1ccc(-n2cc(C#N)c(Nc3ccc(Oc4ccccc4)nc3)c2C)nn1. The van der Waals surface area contributed by atoms with Crippen molar-refractivity contribution in [3.63, 3.8) is 0 Å². The first-order chi connectivity index (χ1) is 16.1. The molecular formula is C24H20N6O3. The van der Waals surface area contributed by atoms with E-state index in [0.717, 1.165) is 5.69 Å². The zero-order chi connectivity index (χ0) is 23.2. The normalized spacial score (nSPS) is 10.3. The molecule has 0 atom stereocenters. The summed E-state index contributed by atoms with van der Waals surface area (Å²) < 4.78 is 12.4. The summed E-state index contributed by atoms with van der Waals surface area (Å²) in [5, 5.41) is 20.9. The van der Waals surface area contributed by atoms with Crippen molar-refractivity contribution in [2.75, 3.05) is 11.9 Å². The van der Waals surface area contributed by atoms with Crippen molar-refractivity contribution in [1.29, 1.82) is 5.26 Å². The van der Waals surface area contributed by atoms with Gasteiger partial charge in [0.15, 0.2) is 11.5 Å². The molecule has 0 fully saturated rings. The molecule has 0 aliphatic carbocycles. The van der Waals surface area contributed by atoms with Crippen molar-refractivity contribution in [2.24, 2.45) is 0 Å². The van der Waals surface area contributed by atoms with Gasteiger partial charge in [0.1, 0.15) is 11.8 Å². The largest absolute Gasteiger partial charge is 0.461 e. The maximum atomic E-state index is 11.8. The first-order valence-electron chi connectivity index (χ1n) is 10.2. The number of ether oxygens (including phenoxy) is 2. The van der Waals surface area contributed by atoms with E-state index < -0.39 is 5.97 Å². The molecule has 9 heteroatoms. The minimum absolute atomic E-state index is 0.119. The highest BCUT2D eigenvalue weighted by Gasteiger charge is 2.16. The van der Waals surface area contributed by atoms with Crippen LogP contribution in [0.4, 0.5) is 11.4 Å². The molecule has 0 aliphatic rings. The van der Waals surface area contributed by atoms with Crippen LogP contribution in [-0.4, -0.2) is 32.3 Å². The number of hydrogen-bond donors (Lipinski definition) is 1. The molecule has 0 unspecified atom stereocenters. The molecule has 0 saturated carbocycles. The minimum Gasteiger partial charge on any atom is -0.461 e. The van der Waals surface area contributed by atoms with Gasteiger partial charge in [-0.15, -0.1) is 10.2 Å². The molecule has 0 radical (unpaired) electrons. The Hall–Kier alpha value is -4.71. The highest BCUT2D eigenvalue weighted by atomic mass is 16.5. The Morgan fingerprint density at radius 1 is 1.12 bits per heavy atom. The minimum atomic E-state index is -0.534. The number of aromatic nitrogens is 4. The smallest absolute Gasteiger partial charge is 0.358 e. The zero-order valence-electron chi connectivity index (χ0n) is 18.0. The summed E-state index contributed by atoms with van der Waals surface area (Å²) in [6, 6.07) is 18.3. The second-order valence-corrected chi connectivity index (χ2v) is 6.91. The van der Waals surface area contributed by atoms with Gasteiger partial charge in [0, 0.05) is 18.0 Å². The fourth-order valence-electron chi connectivity index (χ4n) is 3.12. The summed E-state index contributed by atoms with van der Waals surface area (Å²) in [7, 11) is 0. The number of para-hydroxylation sites is 1. The number of nitrogens with zero attached hydrogens (tertiary/aromatic N) is 5. The standard InChI is InChI=1S/C24H20N6O3/c1-3-32-24(31)20-10-11-21(29-28-20)30-15-17(13-25)23(16(30)2)27-18-9-12-22(26-14-18)33-19-7-5-4-6-8-19/h4-12,14-15,27H,3H2,1-2H3. The van der Waals surface area contributed by atoms with Crippen LogP contribution in [0.5, 0.6) is 11.6 Å². The topological polar surface area (TPSA) is 115 Å². The van der Waals surface area contributed by atoms with Crippen LogP contribution in [0, 0.1) is 18.3 Å². The summed E-state index contributed by atoms with van der Waals surface area (Å²) in [5.74, 6) is 1.09. The summed E-state index contributed by atoms with van der Waals surface area (Å²) in [4.78, 5) is 16.1. The van der Waals surface area contributed by atoms with Gasteiger partial charge in [-0.2, -0.15) is 5.26 Å². The van der Waals surface area contributed by atoms with Crippen LogP contribution < -0.4 is 10.1 Å². The molecule has 0 spiro atoms. The molecule has 9 nitrogen and oxygen atoms in total. The number of nitriles is 1. The van der Waals surface area contributed by atoms with Crippen LogP contribution in [0.25, 0.3) is 5.82 Å². The van der Waals surface area contributed by atoms with Gasteiger partial charge in [-0.1, -0.05) is 18.2 Å². The van der Waals surface area contributed by atoms with E-state index in [1.807, 2.05) is 43.3 Å². The van der Waals surface area contributed by atoms with E-state index in [9.17, 15) is 10.1 Å². The van der Waals surface area contributed by atoms with E-state index in [1.165, 1.54) is 6.07 Å². The lowest BCUT2D eigenvalue weighted by atomic mass is 10.2. The maximum absolute atomic E-state index is 11.8. The first-order valence-corrected chi connectivity index (χ1v) is 10.2. The van der Waals surface area contributed by atoms with Gasteiger partial charge >= 0.3 is 5.97 Å². The summed E-state index contributed by atoms with van der Waals surface area (Å²) in [6.45, 7) is 3.83. The third-order valence-corrected chi connectivity index (χ3v) is 4.72. The van der Waals surface area contributed by atoms with Crippen LogP contribution in [0.15, 0.2) is 67.0 Å². The van der Waals surface area contributed by atoms with Crippen molar-refractivity contribution in [1.82, 2.24) is 19.7 Å². The van der Waals surface area contributed by atoms with Crippen LogP contribution in [-0.2, 0) is 4.74 Å². The first kappa shape index (κ1) is 21.5. The van der Waals surface area contributed by atoms with Crippen LogP contribution in [0.1, 0.15) is 28.7 Å². The van der Waals surface area contributed by atoms with Crippen molar-refractivity contribution in [2.45, 2.75) is 13.8 Å². The third-order valence-electron chi connectivity index (χ3n) is 4.72. The summed E-state index contributed by atoms with van der Waals surface area (Å²) >= 11 is 0. The molecule has 0 aliphatic heterocycles. The quantitative estimate of drug-likeness (QED) is 0.416. The zero-order valence-corrected chi connectivity index (χ0v) is 18.0. The van der Waals surface area contributed by atoms with E-state index in [1.54, 1.807) is 36.0 Å². The Morgan fingerprint density at radius 2 is 1.94 bits per heavy atom. The predicted octanol–water partition coefficient (Wildman–Crippen LogP) is 4.56. The highest BCUT2D eigenvalue weighted by molar-refractivity contribution is 5.87. The number of nitrogens with one attached hydrogen (secondary N) is 1. The van der Waals surface area contributed by atoms with E-state index in [-0.39, 0.29) is 12.3 Å². The average Bonchev–Trinajstić information content (AvgIpc) is 3.16. The molecular weight excluding hydrogens is 420 g/mol. The maximum Gasteiger partial charge on any atom is 0.358 e. The second-order valence-electron chi connectivity index (χ2n) is 6.91. The third kappa shape index (κ3) is 4.80. The molecule has 3 heterocycles. The second kappa shape index (κ2) is 9.62. The summed E-state index contributed by atoms with van der Waals surface area (Å²) in [5.41, 5.74) is 2.60. The number of pyridine rings is 1. The van der Waals surface area contributed by atoms with Crippen LogP contribution >= 0.6 is 0 Å². The number of anilines is 2. The molecule has 3 aromatic heterocycles. The predicted molar refractivity (Wildman–Crippen MR) is 121 cm³/mol. The molecule has 33 heavy (non-hydrogen) atoms. The van der Waals surface area contributed by atoms with Crippen molar-refractivity contribution >= 4 is 17.3 Å². The monoisotopic (exact) mass is 440 g/mol. The van der Waals surface area contributed by atoms with Gasteiger partial charge in [-0.3, -0.25) is 0 Å². The Morgan fingerprint density at radius 3 is 2.58 bits per heavy atom. The Balaban J connectivity index is 1.54. The molecule has 1 N–H and O–H groups in total. The molecule has 0 amide bonds. The van der Waals surface area contributed by atoms with E-state index in [0.29, 0.717) is 34.4 Å². The van der Waals surface area contributed by atoms with Gasteiger partial charge in [-0.05, 0) is 44.2 Å². The van der Waals surface area contributed by atoms with Gasteiger partial charge in [0.2, 0.25) is 5.88 Å². The highest BCUT2D eigenvalue weighted by Crippen LogP contribution is 2.29. The van der Waals surface area contributed by atoms with Gasteiger partial charge in [-0.25, -0.2) is 9.78 Å². The van der Waals surface area contributed by atoms with Gasteiger partial charge < -0.3 is 19.4 Å². The fourth-order valence-corrected chi connectivity index (χ4v) is 3.12. The summed E-state index contributed by atoms with van der Waals surface area (Å²) in [6.07, 6.45) is 3.29. The Bertz CT molecular complexity index is 1290. The van der Waals surface area contributed by atoms with Gasteiger partial charge in [0.25, 0.3) is 0 Å². The molecule has 0 bridgehead atoms. The number of benzene rings is 1. The number of rotatable bonds is 7. The fraction of sp³-hybridized carbons (Fsp3) is 0.125. The molecule has 4 rings (SSSR count). The van der Waals surface area contributed by atoms with E-state index in [2.05, 4.69) is 26.6 Å². The van der Waals surface area contributed by atoms with E-state index >= 15 is 0 Å². The lowest BCUT2D eigenvalue weighted by Crippen LogP contribution is -2.09. The number of hydrogen-bond acceptors (Lipinski definition) is 8. The Labute approximate surface area is 190 Å². The van der Waals surface area contributed by atoms with Crippen LogP contribution in [0.2, 0.25) is 0 Å². The lowest BCUT2D eigenvalue weighted by molar-refractivity contribution is 0.0518. The number of carbonyl (C=O) groups excluding carboxylic acids is 1. The number of esters is 1. The molecule has 164 valence electrons. The lowest BCUT2D eigenvalue weighted by Gasteiger charge is -2.10. The molecule has 1 aromatic carbocycles. The Kier molecular flexibility index (Phi) is 6.27. The van der Waals surface area contributed by atoms with Crippen molar-refractivity contribution in [3.8, 4) is 23.5 Å².